The molecular weight excluding hydrogens is 232 g/mol. The Bertz CT molecular complexity index is 444. The van der Waals surface area contributed by atoms with Crippen molar-refractivity contribution in [3.8, 4) is 5.75 Å². The average molecular weight is 238 g/mol. The highest BCUT2D eigenvalue weighted by atomic mass is 35.5. The first-order chi connectivity index (χ1) is 6.99. The van der Waals surface area contributed by atoms with Gasteiger partial charge in [-0.1, -0.05) is 0 Å². The first-order valence-electron chi connectivity index (χ1n) is 3.76. The van der Waals surface area contributed by atoms with Crippen LogP contribution in [-0.2, 0) is 0 Å². The Hall–Kier alpha value is -1.43. The van der Waals surface area contributed by atoms with Crippen molar-refractivity contribution in [3.05, 3.63) is 27.7 Å². The van der Waals surface area contributed by atoms with Gasteiger partial charge in [0.05, 0.1) is 18.2 Å². The van der Waals surface area contributed by atoms with Crippen molar-refractivity contribution >= 4 is 16.8 Å². The number of rotatable bonds is 3. The molecule has 0 spiro atoms. The lowest BCUT2D eigenvalue weighted by Crippen LogP contribution is -2.18. The van der Waals surface area contributed by atoms with Crippen LogP contribution in [0.5, 0.6) is 5.75 Å². The molecule has 1 rings (SSSR count). The molecule has 0 aliphatic rings. The van der Waals surface area contributed by atoms with Crippen LogP contribution in [0.4, 0.5) is 8.78 Å². The predicted octanol–water partition coefficient (Wildman–Crippen LogP) is 1.70. The van der Waals surface area contributed by atoms with Gasteiger partial charge >= 0.3 is 0 Å². The lowest BCUT2D eigenvalue weighted by molar-refractivity contribution is 0.106. The maximum Gasteiger partial charge on any atom is 0.270 e. The second-order valence-corrected chi connectivity index (χ2v) is 2.89. The van der Waals surface area contributed by atoms with Crippen LogP contribution < -0.4 is 10.3 Å². The summed E-state index contributed by atoms with van der Waals surface area (Å²) in [6.07, 6.45) is -2.09. The van der Waals surface area contributed by atoms with Crippen molar-refractivity contribution in [1.29, 1.82) is 0 Å². The minimum atomic E-state index is -3.10. The Balaban J connectivity index is 3.58. The third-order valence-corrected chi connectivity index (χ3v) is 1.92. The molecular formula is C8H6ClF2NO3. The summed E-state index contributed by atoms with van der Waals surface area (Å²) in [6, 6.07) is 0. The van der Waals surface area contributed by atoms with E-state index in [1.54, 1.807) is 0 Å². The topological polar surface area (TPSA) is 59.2 Å². The Kier molecular flexibility index (Phi) is 3.41. The van der Waals surface area contributed by atoms with Gasteiger partial charge in [-0.15, -0.1) is 0 Å². The number of aromatic amines is 1. The van der Waals surface area contributed by atoms with Gasteiger partial charge in [0.25, 0.3) is 17.2 Å². The molecule has 82 valence electrons. The number of nitrogens with one attached hydrogen (secondary N) is 1. The first kappa shape index (κ1) is 11.6. The fraction of sp³-hybridized carbons (Fsp3) is 0.250. The summed E-state index contributed by atoms with van der Waals surface area (Å²) in [6.45, 7) is 0. The van der Waals surface area contributed by atoms with Gasteiger partial charge in [-0.25, -0.2) is 8.78 Å². The van der Waals surface area contributed by atoms with Gasteiger partial charge in [0.15, 0.2) is 0 Å². The number of methoxy groups -OCH3 is 1. The van der Waals surface area contributed by atoms with Crippen LogP contribution in [0.25, 0.3) is 0 Å². The molecule has 0 aliphatic carbocycles. The fourth-order valence-electron chi connectivity index (χ4n) is 1.10. The zero-order valence-electron chi connectivity index (χ0n) is 7.51. The summed E-state index contributed by atoms with van der Waals surface area (Å²) in [5.41, 5.74) is -2.64. The van der Waals surface area contributed by atoms with Crippen molar-refractivity contribution in [2.75, 3.05) is 7.11 Å². The maximum atomic E-state index is 12.5. The molecule has 0 saturated heterocycles. The third-order valence-electron chi connectivity index (χ3n) is 1.73. The van der Waals surface area contributed by atoms with Crippen LogP contribution in [0.1, 0.15) is 22.3 Å². The normalized spacial score (nSPS) is 10.5. The summed E-state index contributed by atoms with van der Waals surface area (Å²) in [5, 5.41) is -1.16. The Morgan fingerprint density at radius 1 is 1.60 bits per heavy atom. The minimum Gasteiger partial charge on any atom is -0.494 e. The maximum absolute atomic E-state index is 12.5. The molecule has 1 aromatic rings. The number of hydrogen-bond acceptors (Lipinski definition) is 3. The smallest absolute Gasteiger partial charge is 0.270 e. The number of ether oxygens (including phenoxy) is 1. The number of halogens is 3. The Labute approximate surface area is 87.8 Å². The van der Waals surface area contributed by atoms with Crippen LogP contribution in [0, 0.1) is 0 Å². The van der Waals surface area contributed by atoms with Crippen LogP contribution in [0.3, 0.4) is 0 Å². The van der Waals surface area contributed by atoms with E-state index in [4.69, 9.17) is 11.6 Å². The number of carbonyl (C=O) groups excluding carboxylic acids is 1. The van der Waals surface area contributed by atoms with Gasteiger partial charge < -0.3 is 9.72 Å². The molecule has 1 aromatic heterocycles. The predicted molar refractivity (Wildman–Crippen MR) is 48.8 cm³/mol. The molecule has 0 radical (unpaired) electrons. The molecule has 0 saturated carbocycles. The third kappa shape index (κ3) is 2.15. The quantitative estimate of drug-likeness (QED) is 0.814. The van der Waals surface area contributed by atoms with Gasteiger partial charge in [0.2, 0.25) is 0 Å². The molecule has 1 heterocycles. The largest absolute Gasteiger partial charge is 0.494 e. The van der Waals surface area contributed by atoms with Crippen molar-refractivity contribution in [2.45, 2.75) is 6.43 Å². The van der Waals surface area contributed by atoms with Crippen molar-refractivity contribution in [2.24, 2.45) is 0 Å². The van der Waals surface area contributed by atoms with E-state index in [1.165, 1.54) is 7.11 Å². The Morgan fingerprint density at radius 3 is 2.60 bits per heavy atom. The van der Waals surface area contributed by atoms with Crippen molar-refractivity contribution in [1.82, 2.24) is 4.98 Å². The van der Waals surface area contributed by atoms with E-state index in [1.807, 2.05) is 4.98 Å². The summed E-state index contributed by atoms with van der Waals surface area (Å²) < 4.78 is 29.6. The van der Waals surface area contributed by atoms with Gasteiger partial charge in [-0.2, -0.15) is 0 Å². The molecule has 1 N–H and O–H groups in total. The van der Waals surface area contributed by atoms with Crippen molar-refractivity contribution < 1.29 is 18.3 Å². The lowest BCUT2D eigenvalue weighted by Gasteiger charge is -2.08. The number of aromatic nitrogens is 1. The van der Waals surface area contributed by atoms with Gasteiger partial charge in [0, 0.05) is 6.20 Å². The summed E-state index contributed by atoms with van der Waals surface area (Å²) in [7, 11) is 1.17. The summed E-state index contributed by atoms with van der Waals surface area (Å²) >= 11 is 5.10. The van der Waals surface area contributed by atoms with Crippen LogP contribution >= 0.6 is 11.6 Å². The molecule has 0 bridgehead atoms. The Morgan fingerprint density at radius 2 is 2.20 bits per heavy atom. The second-order valence-electron chi connectivity index (χ2n) is 2.55. The SMILES string of the molecule is COc1c[nH]c(=O)c(C(F)F)c1C(=O)Cl. The number of hydrogen-bond donors (Lipinski definition) is 1. The van der Waals surface area contributed by atoms with E-state index in [9.17, 15) is 18.4 Å². The highest BCUT2D eigenvalue weighted by Crippen LogP contribution is 2.27. The van der Waals surface area contributed by atoms with Gasteiger partial charge in [0.1, 0.15) is 5.75 Å². The second kappa shape index (κ2) is 4.39. The standard InChI is InChI=1S/C8H6ClF2NO3/c1-15-3-2-12-8(14)5(7(10)11)4(3)6(9)13/h2,7H,1H3,(H,12,14). The fourth-order valence-corrected chi connectivity index (χ4v) is 1.29. The molecule has 7 heteroatoms. The minimum absolute atomic E-state index is 0.190. The molecule has 0 aliphatic heterocycles. The number of alkyl halides is 2. The molecule has 15 heavy (non-hydrogen) atoms. The molecule has 0 unspecified atom stereocenters. The molecule has 0 amide bonds. The average Bonchev–Trinajstić information content (AvgIpc) is 2.16. The van der Waals surface area contributed by atoms with E-state index in [0.29, 0.717) is 0 Å². The molecule has 0 fully saturated rings. The van der Waals surface area contributed by atoms with Gasteiger partial charge in [-0.3, -0.25) is 9.59 Å². The van der Waals surface area contributed by atoms with E-state index < -0.39 is 28.4 Å². The highest BCUT2D eigenvalue weighted by molar-refractivity contribution is 6.68. The number of carbonyl (C=O) groups is 1. The molecule has 4 nitrogen and oxygen atoms in total. The zero-order valence-corrected chi connectivity index (χ0v) is 8.27. The zero-order chi connectivity index (χ0) is 11.6. The van der Waals surface area contributed by atoms with Gasteiger partial charge in [-0.05, 0) is 11.6 Å². The molecule has 0 atom stereocenters. The highest BCUT2D eigenvalue weighted by Gasteiger charge is 2.25. The van der Waals surface area contributed by atoms with Crippen LogP contribution in [0.2, 0.25) is 0 Å². The van der Waals surface area contributed by atoms with E-state index in [0.717, 1.165) is 6.20 Å². The molecule has 0 aromatic carbocycles. The first-order valence-corrected chi connectivity index (χ1v) is 4.14. The summed E-state index contributed by atoms with van der Waals surface area (Å²) in [4.78, 5) is 24.0. The van der Waals surface area contributed by atoms with Crippen LogP contribution in [-0.4, -0.2) is 17.3 Å². The number of H-pyrrole nitrogens is 1. The van der Waals surface area contributed by atoms with Crippen LogP contribution in [0.15, 0.2) is 11.0 Å². The monoisotopic (exact) mass is 237 g/mol. The summed E-state index contributed by atoms with van der Waals surface area (Å²) in [5.74, 6) is -0.190. The van der Waals surface area contributed by atoms with Crippen molar-refractivity contribution in [3.63, 3.8) is 0 Å². The van der Waals surface area contributed by atoms with E-state index >= 15 is 0 Å². The van der Waals surface area contributed by atoms with E-state index in [2.05, 4.69) is 4.74 Å². The number of pyridine rings is 1. The lowest BCUT2D eigenvalue weighted by atomic mass is 10.1. The van der Waals surface area contributed by atoms with E-state index in [-0.39, 0.29) is 5.75 Å².